The van der Waals surface area contributed by atoms with Crippen molar-refractivity contribution in [2.75, 3.05) is 18.2 Å². The summed E-state index contributed by atoms with van der Waals surface area (Å²) in [7, 11) is -6.71. The molecule has 0 heterocycles. The third-order valence-electron chi connectivity index (χ3n) is 1.48. The Bertz CT molecular complexity index is 650. The molecule has 0 aliphatic carbocycles. The molecule has 109 valence electrons. The fourth-order valence-electron chi connectivity index (χ4n) is 0.927. The minimum absolute atomic E-state index is 0. The van der Waals surface area contributed by atoms with Crippen LogP contribution in [-0.2, 0) is 20.0 Å². The van der Waals surface area contributed by atoms with Gasteiger partial charge < -0.3 is 5.73 Å². The summed E-state index contributed by atoms with van der Waals surface area (Å²) in [5.74, 6) is -0.717. The minimum atomic E-state index is -3.54. The second-order valence-corrected chi connectivity index (χ2v) is 7.03. The van der Waals surface area contributed by atoms with E-state index in [-0.39, 0.29) is 30.1 Å². The van der Waals surface area contributed by atoms with Gasteiger partial charge in [0.15, 0.2) is 0 Å². The van der Waals surface area contributed by atoms with Gasteiger partial charge in [-0.25, -0.2) is 26.7 Å². The van der Waals surface area contributed by atoms with Crippen LogP contribution in [0.1, 0.15) is 10.4 Å². The molecule has 1 aromatic rings. The van der Waals surface area contributed by atoms with Gasteiger partial charge in [0.2, 0.25) is 20.0 Å². The third kappa shape index (κ3) is 12.0. The van der Waals surface area contributed by atoms with Crippen LogP contribution in [0.5, 0.6) is 0 Å². The van der Waals surface area contributed by atoms with Crippen LogP contribution in [0.25, 0.3) is 0 Å². The number of carbonyl (C=O) groups excluding carboxylic acids is 1. The average Bonchev–Trinajstić information content (AvgIpc) is 2.12. The molecular weight excluding hydrogens is 301 g/mol. The molecule has 8 nitrogen and oxygen atoms in total. The summed E-state index contributed by atoms with van der Waals surface area (Å²) in [6, 6.07) is 6.24. The van der Waals surface area contributed by atoms with E-state index in [0.717, 1.165) is 12.5 Å². The predicted molar refractivity (Wildman–Crippen MR) is 77.9 cm³/mol. The SMILES string of the molecule is CS(=O)(=O)NC(=O)c1ccccc1N.CS(N)(=O)=O.[Li]. The van der Waals surface area contributed by atoms with Crippen LogP contribution in [0.3, 0.4) is 0 Å². The van der Waals surface area contributed by atoms with Crippen molar-refractivity contribution in [3.63, 3.8) is 0 Å². The molecule has 20 heavy (non-hydrogen) atoms. The van der Waals surface area contributed by atoms with Gasteiger partial charge in [0, 0.05) is 24.5 Å². The number of primary sulfonamides is 1. The van der Waals surface area contributed by atoms with Crippen LogP contribution >= 0.6 is 0 Å². The van der Waals surface area contributed by atoms with Gasteiger partial charge in [-0.3, -0.25) is 4.79 Å². The fourth-order valence-corrected chi connectivity index (χ4v) is 1.37. The number of sulfonamides is 2. The number of amides is 1. The molecule has 0 aliphatic rings. The zero-order valence-electron chi connectivity index (χ0n) is 11.3. The number of rotatable bonds is 2. The molecule has 1 amide bonds. The number of carbonyl (C=O) groups is 1. The Balaban J connectivity index is 0. The van der Waals surface area contributed by atoms with Crippen molar-refractivity contribution >= 4 is 50.5 Å². The molecule has 1 rings (SSSR count). The van der Waals surface area contributed by atoms with Crippen molar-refractivity contribution < 1.29 is 21.6 Å². The Kier molecular flexibility index (Phi) is 8.80. The second kappa shape index (κ2) is 8.28. The number of nitrogen functional groups attached to an aromatic ring is 1. The number of benzene rings is 1. The monoisotopic (exact) mass is 316 g/mol. The molecule has 0 bridgehead atoms. The topological polar surface area (TPSA) is 149 Å². The summed E-state index contributed by atoms with van der Waals surface area (Å²) >= 11 is 0. The first-order chi connectivity index (χ1) is 8.40. The predicted octanol–water partition coefficient (Wildman–Crippen LogP) is -1.52. The zero-order valence-corrected chi connectivity index (χ0v) is 13.0. The van der Waals surface area contributed by atoms with Gasteiger partial charge in [0.05, 0.1) is 18.1 Å². The first kappa shape index (κ1) is 21.2. The number of anilines is 1. The molecule has 1 radical (unpaired) electrons. The van der Waals surface area contributed by atoms with E-state index in [1.807, 2.05) is 4.72 Å². The maximum absolute atomic E-state index is 11.3. The first-order valence-corrected chi connectivity index (χ1v) is 8.59. The van der Waals surface area contributed by atoms with E-state index >= 15 is 0 Å². The van der Waals surface area contributed by atoms with Gasteiger partial charge in [-0.1, -0.05) is 12.1 Å². The van der Waals surface area contributed by atoms with E-state index < -0.39 is 26.0 Å². The van der Waals surface area contributed by atoms with Crippen LogP contribution in [0, 0.1) is 0 Å². The minimum Gasteiger partial charge on any atom is -0.398 e. The first-order valence-electron chi connectivity index (χ1n) is 4.74. The van der Waals surface area contributed by atoms with E-state index in [2.05, 4.69) is 5.14 Å². The average molecular weight is 316 g/mol. The number of para-hydroxylation sites is 1. The van der Waals surface area contributed by atoms with Gasteiger partial charge in [-0.2, -0.15) is 0 Å². The Labute approximate surface area is 130 Å². The fraction of sp³-hybridized carbons (Fsp3) is 0.222. The normalized spacial score (nSPS) is 10.6. The van der Waals surface area contributed by atoms with Crippen molar-refractivity contribution in [1.82, 2.24) is 4.72 Å². The van der Waals surface area contributed by atoms with Crippen molar-refractivity contribution in [2.24, 2.45) is 5.14 Å². The quantitative estimate of drug-likeness (QED) is 0.445. The summed E-state index contributed by atoms with van der Waals surface area (Å²) in [6.45, 7) is 0. The summed E-state index contributed by atoms with van der Waals surface area (Å²) in [5, 5.41) is 4.33. The zero-order chi connectivity index (χ0) is 15.3. The van der Waals surface area contributed by atoms with E-state index in [0.29, 0.717) is 0 Å². The molecular formula is C9H15LiN3O5S2. The number of hydrogen-bond acceptors (Lipinski definition) is 6. The molecule has 0 aromatic heterocycles. The van der Waals surface area contributed by atoms with Crippen LogP contribution in [0.2, 0.25) is 0 Å². The van der Waals surface area contributed by atoms with Crippen LogP contribution in [0.4, 0.5) is 5.69 Å². The summed E-state index contributed by atoms with van der Waals surface area (Å²) in [5.41, 5.74) is 5.88. The smallest absolute Gasteiger partial charge is 0.266 e. The summed E-state index contributed by atoms with van der Waals surface area (Å²) in [6.07, 6.45) is 1.84. The molecule has 0 atom stereocenters. The number of hydrogen-bond donors (Lipinski definition) is 3. The molecule has 0 saturated carbocycles. The largest absolute Gasteiger partial charge is 0.398 e. The molecule has 0 fully saturated rings. The van der Waals surface area contributed by atoms with Crippen LogP contribution in [0.15, 0.2) is 24.3 Å². The van der Waals surface area contributed by atoms with E-state index in [9.17, 15) is 21.6 Å². The maximum atomic E-state index is 11.3. The summed E-state index contributed by atoms with van der Waals surface area (Å²) < 4.78 is 42.2. The molecule has 0 aliphatic heterocycles. The van der Waals surface area contributed by atoms with Gasteiger partial charge in [-0.15, -0.1) is 0 Å². The van der Waals surface area contributed by atoms with Crippen molar-refractivity contribution in [3.8, 4) is 0 Å². The standard InChI is InChI=1S/C8H10N2O3S.CH5NO2S.Li/c1-14(12,13)10-8(11)6-4-2-3-5-7(6)9;1-5(2,3)4;/h2-5H,9H2,1H3,(H,10,11);1H3,(H2,2,3,4);. The molecule has 1 aromatic carbocycles. The van der Waals surface area contributed by atoms with Gasteiger partial charge >= 0.3 is 0 Å². The maximum Gasteiger partial charge on any atom is 0.266 e. The summed E-state index contributed by atoms with van der Waals surface area (Å²) in [4.78, 5) is 11.3. The van der Waals surface area contributed by atoms with Gasteiger partial charge in [0.25, 0.3) is 5.91 Å². The number of nitrogens with one attached hydrogen (secondary N) is 1. The Morgan fingerprint density at radius 3 is 1.85 bits per heavy atom. The van der Waals surface area contributed by atoms with Crippen molar-refractivity contribution in [3.05, 3.63) is 29.8 Å². The van der Waals surface area contributed by atoms with E-state index in [1.165, 1.54) is 12.1 Å². The van der Waals surface area contributed by atoms with Crippen LogP contribution < -0.4 is 15.6 Å². The Hall–Kier alpha value is -1.05. The van der Waals surface area contributed by atoms with E-state index in [1.54, 1.807) is 12.1 Å². The van der Waals surface area contributed by atoms with Gasteiger partial charge in [-0.05, 0) is 12.1 Å². The van der Waals surface area contributed by atoms with Gasteiger partial charge in [0.1, 0.15) is 0 Å². The molecule has 5 N–H and O–H groups in total. The third-order valence-corrected chi connectivity index (χ3v) is 2.04. The molecule has 0 unspecified atom stereocenters. The Morgan fingerprint density at radius 2 is 1.50 bits per heavy atom. The van der Waals surface area contributed by atoms with Crippen LogP contribution in [-0.4, -0.2) is 54.1 Å². The molecule has 0 saturated heterocycles. The van der Waals surface area contributed by atoms with E-state index in [4.69, 9.17) is 5.73 Å². The second-order valence-electron chi connectivity index (χ2n) is 3.62. The molecule has 0 spiro atoms. The molecule has 11 heteroatoms. The number of nitrogens with two attached hydrogens (primary N) is 2. The van der Waals surface area contributed by atoms with Crippen molar-refractivity contribution in [2.45, 2.75) is 0 Å². The van der Waals surface area contributed by atoms with Crippen molar-refractivity contribution in [1.29, 1.82) is 0 Å². The Morgan fingerprint density at radius 1 is 1.10 bits per heavy atom.